The SMILES string of the molecule is CCC(=O)SCCCCS. The van der Waals surface area contributed by atoms with Crippen LogP contribution in [0.15, 0.2) is 0 Å². The van der Waals surface area contributed by atoms with Crippen LogP contribution in [0.4, 0.5) is 0 Å². The summed E-state index contributed by atoms with van der Waals surface area (Å²) in [4.78, 5) is 10.7. The molecule has 60 valence electrons. The summed E-state index contributed by atoms with van der Waals surface area (Å²) in [5.74, 6) is 1.90. The Morgan fingerprint density at radius 1 is 1.50 bits per heavy atom. The first kappa shape index (κ1) is 10.4. The molecule has 0 aliphatic rings. The monoisotopic (exact) mass is 178 g/mol. The predicted molar refractivity (Wildman–Crippen MR) is 50.8 cm³/mol. The van der Waals surface area contributed by atoms with Gasteiger partial charge in [0, 0.05) is 12.2 Å². The Bertz CT molecular complexity index is 93.6. The van der Waals surface area contributed by atoms with Crippen LogP contribution in [0.25, 0.3) is 0 Å². The van der Waals surface area contributed by atoms with Crippen LogP contribution in [-0.2, 0) is 4.79 Å². The maximum Gasteiger partial charge on any atom is 0.188 e. The zero-order valence-electron chi connectivity index (χ0n) is 6.30. The molecule has 0 amide bonds. The first-order valence-corrected chi connectivity index (χ1v) is 5.19. The van der Waals surface area contributed by atoms with Crippen LogP contribution in [0.3, 0.4) is 0 Å². The quantitative estimate of drug-likeness (QED) is 0.514. The summed E-state index contributed by atoms with van der Waals surface area (Å²) in [6.07, 6.45) is 2.89. The zero-order chi connectivity index (χ0) is 7.82. The largest absolute Gasteiger partial charge is 0.287 e. The van der Waals surface area contributed by atoms with Crippen LogP contribution in [0, 0.1) is 0 Å². The summed E-state index contributed by atoms with van der Waals surface area (Å²) in [7, 11) is 0. The highest BCUT2D eigenvalue weighted by Gasteiger charge is 1.96. The van der Waals surface area contributed by atoms with E-state index in [9.17, 15) is 4.79 Å². The van der Waals surface area contributed by atoms with E-state index in [0.29, 0.717) is 11.5 Å². The molecule has 0 rings (SSSR count). The van der Waals surface area contributed by atoms with E-state index in [1.54, 1.807) is 0 Å². The van der Waals surface area contributed by atoms with Crippen molar-refractivity contribution >= 4 is 29.5 Å². The predicted octanol–water partition coefficient (Wildman–Crippen LogP) is 2.37. The highest BCUT2D eigenvalue weighted by atomic mass is 32.2. The van der Waals surface area contributed by atoms with Crippen molar-refractivity contribution in [2.45, 2.75) is 26.2 Å². The van der Waals surface area contributed by atoms with Crippen LogP contribution < -0.4 is 0 Å². The molecule has 0 atom stereocenters. The molecule has 3 heteroatoms. The zero-order valence-corrected chi connectivity index (χ0v) is 8.01. The molecule has 0 N–H and O–H groups in total. The number of thioether (sulfide) groups is 1. The third-order valence-corrected chi connectivity index (χ3v) is 2.52. The van der Waals surface area contributed by atoms with Crippen molar-refractivity contribution in [1.29, 1.82) is 0 Å². The Balaban J connectivity index is 2.96. The average Bonchev–Trinajstić information content (AvgIpc) is 1.98. The fraction of sp³-hybridized carbons (Fsp3) is 0.857. The molecule has 0 aromatic rings. The number of hydrogen-bond acceptors (Lipinski definition) is 3. The lowest BCUT2D eigenvalue weighted by Gasteiger charge is -1.95. The topological polar surface area (TPSA) is 17.1 Å². The first-order chi connectivity index (χ1) is 4.81. The number of thiol groups is 1. The van der Waals surface area contributed by atoms with Gasteiger partial charge in [0.05, 0.1) is 0 Å². The van der Waals surface area contributed by atoms with Gasteiger partial charge < -0.3 is 0 Å². The molecule has 10 heavy (non-hydrogen) atoms. The summed E-state index contributed by atoms with van der Waals surface area (Å²) < 4.78 is 0. The van der Waals surface area contributed by atoms with E-state index < -0.39 is 0 Å². The minimum Gasteiger partial charge on any atom is -0.287 e. The van der Waals surface area contributed by atoms with E-state index in [2.05, 4.69) is 12.6 Å². The second kappa shape index (κ2) is 7.48. The van der Waals surface area contributed by atoms with Gasteiger partial charge in [-0.1, -0.05) is 18.7 Å². The number of hydrogen-bond donors (Lipinski definition) is 1. The van der Waals surface area contributed by atoms with E-state index in [1.807, 2.05) is 6.92 Å². The van der Waals surface area contributed by atoms with Crippen molar-refractivity contribution < 1.29 is 4.79 Å². The maximum absolute atomic E-state index is 10.7. The number of rotatable bonds is 5. The number of carbonyl (C=O) groups excluding carboxylic acids is 1. The highest BCUT2D eigenvalue weighted by Crippen LogP contribution is 2.07. The Morgan fingerprint density at radius 2 is 2.20 bits per heavy atom. The van der Waals surface area contributed by atoms with Gasteiger partial charge >= 0.3 is 0 Å². The van der Waals surface area contributed by atoms with Crippen LogP contribution >= 0.6 is 24.4 Å². The van der Waals surface area contributed by atoms with Crippen molar-refractivity contribution in [2.75, 3.05) is 11.5 Å². The molecular formula is C7H14OS2. The number of carbonyl (C=O) groups is 1. The van der Waals surface area contributed by atoms with Gasteiger partial charge in [-0.15, -0.1) is 0 Å². The standard InChI is InChI=1S/C7H14OS2/c1-2-7(8)10-6-4-3-5-9/h9H,2-6H2,1H3. The Hall–Kier alpha value is 0.370. The molecule has 0 heterocycles. The van der Waals surface area contributed by atoms with Crippen LogP contribution in [0.2, 0.25) is 0 Å². The molecular weight excluding hydrogens is 164 g/mol. The van der Waals surface area contributed by atoms with Crippen molar-refractivity contribution in [2.24, 2.45) is 0 Å². The third-order valence-electron chi connectivity index (χ3n) is 1.10. The van der Waals surface area contributed by atoms with E-state index in [-0.39, 0.29) is 0 Å². The summed E-state index contributed by atoms with van der Waals surface area (Å²) in [5, 5.41) is 0.305. The van der Waals surface area contributed by atoms with Crippen molar-refractivity contribution in [3.63, 3.8) is 0 Å². The number of unbranched alkanes of at least 4 members (excludes halogenated alkanes) is 1. The van der Waals surface area contributed by atoms with Crippen molar-refractivity contribution in [1.82, 2.24) is 0 Å². The fourth-order valence-electron chi connectivity index (χ4n) is 0.502. The lowest BCUT2D eigenvalue weighted by molar-refractivity contribution is -0.110. The van der Waals surface area contributed by atoms with E-state index in [0.717, 1.165) is 24.3 Å². The van der Waals surface area contributed by atoms with Gasteiger partial charge in [-0.2, -0.15) is 12.6 Å². The van der Waals surface area contributed by atoms with Crippen molar-refractivity contribution in [3.8, 4) is 0 Å². The lowest BCUT2D eigenvalue weighted by Crippen LogP contribution is -1.90. The third kappa shape index (κ3) is 6.49. The van der Waals surface area contributed by atoms with Gasteiger partial charge in [0.1, 0.15) is 0 Å². The smallest absolute Gasteiger partial charge is 0.188 e. The van der Waals surface area contributed by atoms with Gasteiger partial charge in [-0.3, -0.25) is 4.79 Å². The van der Waals surface area contributed by atoms with Gasteiger partial charge in [0.25, 0.3) is 0 Å². The Labute approximate surface area is 72.4 Å². The molecule has 0 radical (unpaired) electrons. The molecule has 0 bridgehead atoms. The fourth-order valence-corrected chi connectivity index (χ4v) is 1.51. The summed E-state index contributed by atoms with van der Waals surface area (Å²) in [6.45, 7) is 1.90. The molecule has 0 fully saturated rings. The average molecular weight is 178 g/mol. The van der Waals surface area contributed by atoms with Crippen LogP contribution in [0.1, 0.15) is 26.2 Å². The molecule has 0 spiro atoms. The van der Waals surface area contributed by atoms with Gasteiger partial charge in [-0.05, 0) is 18.6 Å². The van der Waals surface area contributed by atoms with E-state index >= 15 is 0 Å². The van der Waals surface area contributed by atoms with Gasteiger partial charge in [0.2, 0.25) is 0 Å². The highest BCUT2D eigenvalue weighted by molar-refractivity contribution is 8.13. The molecule has 1 nitrogen and oxygen atoms in total. The van der Waals surface area contributed by atoms with E-state index in [4.69, 9.17) is 0 Å². The molecule has 0 saturated carbocycles. The first-order valence-electron chi connectivity index (χ1n) is 3.57. The van der Waals surface area contributed by atoms with Crippen molar-refractivity contribution in [3.05, 3.63) is 0 Å². The lowest BCUT2D eigenvalue weighted by atomic mass is 10.4. The summed E-state index contributed by atoms with van der Waals surface area (Å²) >= 11 is 5.52. The molecule has 0 aromatic carbocycles. The molecule has 0 saturated heterocycles. The second-order valence-electron chi connectivity index (χ2n) is 2.00. The minimum atomic E-state index is 0.305. The summed E-state index contributed by atoms with van der Waals surface area (Å²) in [5.41, 5.74) is 0. The molecule has 0 unspecified atom stereocenters. The normalized spacial score (nSPS) is 9.80. The molecule has 0 aliphatic carbocycles. The minimum absolute atomic E-state index is 0.305. The Morgan fingerprint density at radius 3 is 2.70 bits per heavy atom. The maximum atomic E-state index is 10.7. The summed E-state index contributed by atoms with van der Waals surface area (Å²) in [6, 6.07) is 0. The molecule has 0 aromatic heterocycles. The molecule has 0 aliphatic heterocycles. The van der Waals surface area contributed by atoms with Gasteiger partial charge in [-0.25, -0.2) is 0 Å². The van der Waals surface area contributed by atoms with Crippen LogP contribution in [0.5, 0.6) is 0 Å². The Kier molecular flexibility index (Phi) is 7.75. The van der Waals surface area contributed by atoms with E-state index in [1.165, 1.54) is 11.8 Å². The van der Waals surface area contributed by atoms with Crippen LogP contribution in [-0.4, -0.2) is 16.6 Å². The second-order valence-corrected chi connectivity index (χ2v) is 3.60. The van der Waals surface area contributed by atoms with Gasteiger partial charge in [0.15, 0.2) is 5.12 Å².